The maximum atomic E-state index is 13.0. The van der Waals surface area contributed by atoms with E-state index in [2.05, 4.69) is 0 Å². The molecule has 0 fully saturated rings. The summed E-state index contributed by atoms with van der Waals surface area (Å²) in [6.07, 6.45) is 2.79. The molecule has 3 aromatic rings. The van der Waals surface area contributed by atoms with E-state index in [1.54, 1.807) is 18.2 Å². The number of benzene rings is 3. The summed E-state index contributed by atoms with van der Waals surface area (Å²) in [4.78, 5) is 24.6. The van der Waals surface area contributed by atoms with Gasteiger partial charge in [-0.3, -0.25) is 4.79 Å². The van der Waals surface area contributed by atoms with Gasteiger partial charge in [-0.1, -0.05) is 11.6 Å². The van der Waals surface area contributed by atoms with Crippen LogP contribution in [-0.4, -0.2) is 25.5 Å². The molecule has 0 N–H and O–H groups in total. The Labute approximate surface area is 190 Å². The van der Waals surface area contributed by atoms with Crippen molar-refractivity contribution in [3.63, 3.8) is 0 Å². The van der Waals surface area contributed by atoms with Crippen LogP contribution in [0, 0.1) is 5.82 Å². The van der Waals surface area contributed by atoms with Crippen LogP contribution < -0.4 is 14.2 Å². The van der Waals surface area contributed by atoms with E-state index >= 15 is 0 Å². The van der Waals surface area contributed by atoms with E-state index in [1.807, 2.05) is 6.92 Å². The smallest absolute Gasteiger partial charge is 0.336 e. The third-order valence-electron chi connectivity index (χ3n) is 4.39. The minimum absolute atomic E-state index is 0.260. The summed E-state index contributed by atoms with van der Waals surface area (Å²) in [5.41, 5.74) is 1.39. The topological polar surface area (TPSA) is 61.8 Å². The number of halogens is 2. The van der Waals surface area contributed by atoms with Gasteiger partial charge in [0.2, 0.25) is 0 Å². The van der Waals surface area contributed by atoms with Crippen molar-refractivity contribution in [3.8, 4) is 17.2 Å². The number of carbonyl (C=O) groups excluding carboxylic acids is 2. The third-order valence-corrected chi connectivity index (χ3v) is 4.67. The number of ketones is 1. The molecule has 0 unspecified atom stereocenters. The van der Waals surface area contributed by atoms with Gasteiger partial charge in [-0.25, -0.2) is 9.18 Å². The molecular formula is C25H20ClFO5. The van der Waals surface area contributed by atoms with E-state index < -0.39 is 11.8 Å². The summed E-state index contributed by atoms with van der Waals surface area (Å²) in [5.74, 6) is -0.114. The molecule has 0 bridgehead atoms. The largest absolute Gasteiger partial charge is 0.493 e. The summed E-state index contributed by atoms with van der Waals surface area (Å²) >= 11 is 6.23. The molecule has 0 saturated carbocycles. The first-order chi connectivity index (χ1) is 15.4. The molecule has 0 aliphatic rings. The molecule has 32 heavy (non-hydrogen) atoms. The van der Waals surface area contributed by atoms with Crippen molar-refractivity contribution < 1.29 is 28.2 Å². The summed E-state index contributed by atoms with van der Waals surface area (Å²) in [5, 5.41) is 0.362. The maximum absolute atomic E-state index is 13.0. The monoisotopic (exact) mass is 454 g/mol. The van der Waals surface area contributed by atoms with Crippen molar-refractivity contribution in [2.75, 3.05) is 13.7 Å². The Morgan fingerprint density at radius 3 is 2.22 bits per heavy atom. The van der Waals surface area contributed by atoms with E-state index in [-0.39, 0.29) is 11.5 Å². The molecule has 0 aromatic heterocycles. The molecule has 164 valence electrons. The zero-order valence-electron chi connectivity index (χ0n) is 17.4. The average molecular weight is 455 g/mol. The highest BCUT2D eigenvalue weighted by atomic mass is 35.5. The van der Waals surface area contributed by atoms with Crippen molar-refractivity contribution in [2.24, 2.45) is 0 Å². The maximum Gasteiger partial charge on any atom is 0.336 e. The highest BCUT2D eigenvalue weighted by Crippen LogP contribution is 2.36. The van der Waals surface area contributed by atoms with Crippen molar-refractivity contribution >= 4 is 29.4 Å². The zero-order valence-corrected chi connectivity index (χ0v) is 18.2. The van der Waals surface area contributed by atoms with Crippen LogP contribution in [0.4, 0.5) is 4.39 Å². The standard InChI is InChI=1S/C25H20ClFO5/c1-3-31-25-21(26)14-16(15-22(25)30-2)4-13-23(28)32-20-11-7-18(8-12-20)24(29)17-5-9-19(27)10-6-17/h4-15H,3H2,1-2H3/b13-4+. The first-order valence-electron chi connectivity index (χ1n) is 9.71. The number of carbonyl (C=O) groups is 2. The van der Waals surface area contributed by atoms with Crippen molar-refractivity contribution in [1.82, 2.24) is 0 Å². The molecule has 0 aliphatic carbocycles. The van der Waals surface area contributed by atoms with Gasteiger partial charge in [0, 0.05) is 17.2 Å². The lowest BCUT2D eigenvalue weighted by molar-refractivity contribution is -0.128. The predicted molar refractivity (Wildman–Crippen MR) is 120 cm³/mol. The Kier molecular flexibility index (Phi) is 7.63. The van der Waals surface area contributed by atoms with Gasteiger partial charge >= 0.3 is 5.97 Å². The summed E-state index contributed by atoms with van der Waals surface area (Å²) < 4.78 is 29.0. The van der Waals surface area contributed by atoms with Crippen LogP contribution in [0.1, 0.15) is 28.4 Å². The second kappa shape index (κ2) is 10.6. The fourth-order valence-electron chi connectivity index (χ4n) is 2.88. The fraction of sp³-hybridized carbons (Fsp3) is 0.120. The zero-order chi connectivity index (χ0) is 23.1. The molecule has 7 heteroatoms. The molecule has 0 heterocycles. The Morgan fingerprint density at radius 2 is 1.62 bits per heavy atom. The molecule has 0 spiro atoms. The lowest BCUT2D eigenvalue weighted by atomic mass is 10.0. The van der Waals surface area contributed by atoms with E-state index in [0.29, 0.717) is 39.8 Å². The Hall–Kier alpha value is -3.64. The van der Waals surface area contributed by atoms with E-state index in [9.17, 15) is 14.0 Å². The van der Waals surface area contributed by atoms with Crippen LogP contribution in [0.5, 0.6) is 17.2 Å². The number of methoxy groups -OCH3 is 1. The van der Waals surface area contributed by atoms with Crippen molar-refractivity contribution in [1.29, 1.82) is 0 Å². The number of rotatable bonds is 8. The lowest BCUT2D eigenvalue weighted by Gasteiger charge is -2.11. The molecule has 0 radical (unpaired) electrons. The SMILES string of the molecule is CCOc1c(Cl)cc(/C=C/C(=O)Oc2ccc(C(=O)c3ccc(F)cc3)cc2)cc1OC. The molecule has 0 saturated heterocycles. The Balaban J connectivity index is 1.66. The van der Waals surface area contributed by atoms with Crippen LogP contribution in [0.15, 0.2) is 66.7 Å². The van der Waals surface area contributed by atoms with Gasteiger partial charge in [-0.15, -0.1) is 0 Å². The fourth-order valence-corrected chi connectivity index (χ4v) is 3.15. The highest BCUT2D eigenvalue weighted by molar-refractivity contribution is 6.32. The van der Waals surface area contributed by atoms with Crippen LogP contribution in [0.2, 0.25) is 5.02 Å². The summed E-state index contributed by atoms with van der Waals surface area (Å²) in [6.45, 7) is 2.27. The molecule has 0 aliphatic heterocycles. The quantitative estimate of drug-likeness (QED) is 0.188. The van der Waals surface area contributed by atoms with Crippen LogP contribution >= 0.6 is 11.6 Å². The normalized spacial score (nSPS) is 10.8. The summed E-state index contributed by atoms with van der Waals surface area (Å²) in [7, 11) is 1.50. The van der Waals surface area contributed by atoms with Gasteiger partial charge in [0.15, 0.2) is 17.3 Å². The summed E-state index contributed by atoms with van der Waals surface area (Å²) in [6, 6.07) is 14.7. The second-order valence-electron chi connectivity index (χ2n) is 6.58. The number of ether oxygens (including phenoxy) is 3. The minimum atomic E-state index is -0.605. The third kappa shape index (κ3) is 5.74. The number of hydrogen-bond acceptors (Lipinski definition) is 5. The average Bonchev–Trinajstić information content (AvgIpc) is 2.79. The van der Waals surface area contributed by atoms with Crippen molar-refractivity contribution in [2.45, 2.75) is 6.92 Å². The van der Waals surface area contributed by atoms with E-state index in [4.69, 9.17) is 25.8 Å². The molecule has 3 rings (SSSR count). The molecule has 0 amide bonds. The number of esters is 1. The van der Waals surface area contributed by atoms with E-state index in [0.717, 1.165) is 0 Å². The second-order valence-corrected chi connectivity index (χ2v) is 6.99. The van der Waals surface area contributed by atoms with Gasteiger partial charge in [0.25, 0.3) is 0 Å². The van der Waals surface area contributed by atoms with Gasteiger partial charge < -0.3 is 14.2 Å². The van der Waals surface area contributed by atoms with Gasteiger partial charge in [0.1, 0.15) is 11.6 Å². The molecule has 5 nitrogen and oxygen atoms in total. The van der Waals surface area contributed by atoms with Crippen LogP contribution in [-0.2, 0) is 4.79 Å². The van der Waals surface area contributed by atoms with Crippen LogP contribution in [0.25, 0.3) is 6.08 Å². The molecular weight excluding hydrogens is 435 g/mol. The van der Waals surface area contributed by atoms with Gasteiger partial charge in [0.05, 0.1) is 18.7 Å². The van der Waals surface area contributed by atoms with Gasteiger partial charge in [-0.2, -0.15) is 0 Å². The predicted octanol–water partition coefficient (Wildman–Crippen LogP) is 5.74. The minimum Gasteiger partial charge on any atom is -0.493 e. The first-order valence-corrected chi connectivity index (χ1v) is 10.1. The lowest BCUT2D eigenvalue weighted by Crippen LogP contribution is -2.05. The molecule has 0 atom stereocenters. The Morgan fingerprint density at radius 1 is 1.00 bits per heavy atom. The van der Waals surface area contributed by atoms with Gasteiger partial charge in [-0.05, 0) is 79.2 Å². The first kappa shape index (κ1) is 23.0. The highest BCUT2D eigenvalue weighted by Gasteiger charge is 2.12. The number of hydrogen-bond donors (Lipinski definition) is 0. The molecule has 3 aromatic carbocycles. The van der Waals surface area contributed by atoms with Crippen LogP contribution in [0.3, 0.4) is 0 Å². The van der Waals surface area contributed by atoms with Crippen molar-refractivity contribution in [3.05, 3.63) is 94.3 Å². The van der Waals surface area contributed by atoms with E-state index in [1.165, 1.54) is 61.7 Å². The Bertz CT molecular complexity index is 1140.